The van der Waals surface area contributed by atoms with Gasteiger partial charge >= 0.3 is 0 Å². The highest BCUT2D eigenvalue weighted by Gasteiger charge is 2.22. The minimum Gasteiger partial charge on any atom is -0.384 e. The zero-order valence-corrected chi connectivity index (χ0v) is 11.5. The number of hydrogen-bond acceptors (Lipinski definition) is 5. The van der Waals surface area contributed by atoms with Crippen LogP contribution in [0, 0.1) is 0 Å². The van der Waals surface area contributed by atoms with Gasteiger partial charge in [0.05, 0.1) is 11.4 Å². The molecule has 3 N–H and O–H groups in total. The topological polar surface area (TPSA) is 76.7 Å². The highest BCUT2D eigenvalue weighted by molar-refractivity contribution is 5.87. The zero-order valence-electron chi connectivity index (χ0n) is 11.5. The van der Waals surface area contributed by atoms with E-state index in [4.69, 9.17) is 5.73 Å². The van der Waals surface area contributed by atoms with Crippen molar-refractivity contribution in [3.05, 3.63) is 53.9 Å². The van der Waals surface area contributed by atoms with Crippen LogP contribution in [0.5, 0.6) is 0 Å². The number of fused-ring (bicyclic) bond motifs is 2. The molecule has 1 atom stereocenters. The predicted molar refractivity (Wildman–Crippen MR) is 82.9 cm³/mol. The van der Waals surface area contributed by atoms with Crippen molar-refractivity contribution in [3.8, 4) is 0 Å². The molecule has 2 aromatic heterocycles. The van der Waals surface area contributed by atoms with Gasteiger partial charge in [-0.2, -0.15) is 0 Å². The van der Waals surface area contributed by atoms with Crippen molar-refractivity contribution in [2.24, 2.45) is 0 Å². The lowest BCUT2D eigenvalue weighted by Crippen LogP contribution is -2.09. The Morgan fingerprint density at radius 2 is 2.00 bits per heavy atom. The second-order valence-electron chi connectivity index (χ2n) is 5.26. The zero-order chi connectivity index (χ0) is 14.2. The Morgan fingerprint density at radius 3 is 2.95 bits per heavy atom. The van der Waals surface area contributed by atoms with Gasteiger partial charge in [0.1, 0.15) is 18.0 Å². The van der Waals surface area contributed by atoms with Crippen LogP contribution < -0.4 is 11.1 Å². The van der Waals surface area contributed by atoms with E-state index in [9.17, 15) is 0 Å². The molecule has 1 aromatic carbocycles. The first kappa shape index (κ1) is 12.1. The number of anilines is 2. The normalized spacial score (nSPS) is 16.9. The molecule has 0 radical (unpaired) electrons. The van der Waals surface area contributed by atoms with Gasteiger partial charge < -0.3 is 11.1 Å². The standard InChI is InChI=1S/C16H15N5/c17-14-8-6-12-15(18-9-19-16(12)21-14)20-13-7-5-10-3-1-2-4-11(10)13/h1-4,6,8-9,13H,5,7H2,(H3,17,18,19,20,21). The average Bonchev–Trinajstić information content (AvgIpc) is 2.91. The smallest absolute Gasteiger partial charge is 0.166 e. The Morgan fingerprint density at radius 1 is 1.10 bits per heavy atom. The van der Waals surface area contributed by atoms with E-state index in [-0.39, 0.29) is 6.04 Å². The molecule has 0 aliphatic heterocycles. The Labute approximate surface area is 122 Å². The summed E-state index contributed by atoms with van der Waals surface area (Å²) < 4.78 is 0. The summed E-state index contributed by atoms with van der Waals surface area (Å²) >= 11 is 0. The Balaban J connectivity index is 1.73. The van der Waals surface area contributed by atoms with Crippen LogP contribution in [0.2, 0.25) is 0 Å². The van der Waals surface area contributed by atoms with Gasteiger partial charge in [0.2, 0.25) is 0 Å². The van der Waals surface area contributed by atoms with Gasteiger partial charge in [0.15, 0.2) is 5.65 Å². The van der Waals surface area contributed by atoms with E-state index in [0.717, 1.165) is 24.0 Å². The molecule has 2 heterocycles. The largest absolute Gasteiger partial charge is 0.384 e. The Bertz CT molecular complexity index is 815. The number of aryl methyl sites for hydroxylation is 1. The number of benzene rings is 1. The summed E-state index contributed by atoms with van der Waals surface area (Å²) in [6.07, 6.45) is 3.70. The van der Waals surface area contributed by atoms with E-state index in [1.54, 1.807) is 6.07 Å². The van der Waals surface area contributed by atoms with E-state index >= 15 is 0 Å². The van der Waals surface area contributed by atoms with Crippen LogP contribution in [0.15, 0.2) is 42.7 Å². The van der Waals surface area contributed by atoms with Crippen molar-refractivity contribution in [2.75, 3.05) is 11.1 Å². The maximum Gasteiger partial charge on any atom is 0.166 e. The number of nitrogen functional groups attached to an aromatic ring is 1. The fourth-order valence-electron chi connectivity index (χ4n) is 2.94. The molecular weight excluding hydrogens is 262 g/mol. The van der Waals surface area contributed by atoms with E-state index in [0.29, 0.717) is 11.5 Å². The first-order valence-electron chi connectivity index (χ1n) is 7.03. The molecule has 0 bridgehead atoms. The maximum absolute atomic E-state index is 5.71. The minimum absolute atomic E-state index is 0.289. The van der Waals surface area contributed by atoms with Crippen LogP contribution in [-0.4, -0.2) is 15.0 Å². The predicted octanol–water partition coefficient (Wildman–Crippen LogP) is 2.71. The van der Waals surface area contributed by atoms with Gasteiger partial charge in [-0.15, -0.1) is 0 Å². The summed E-state index contributed by atoms with van der Waals surface area (Å²) in [7, 11) is 0. The van der Waals surface area contributed by atoms with E-state index < -0.39 is 0 Å². The van der Waals surface area contributed by atoms with Gasteiger partial charge in [0.25, 0.3) is 0 Å². The molecule has 0 spiro atoms. The van der Waals surface area contributed by atoms with Crippen LogP contribution in [0.1, 0.15) is 23.6 Å². The van der Waals surface area contributed by atoms with Crippen molar-refractivity contribution in [3.63, 3.8) is 0 Å². The van der Waals surface area contributed by atoms with Crippen molar-refractivity contribution in [2.45, 2.75) is 18.9 Å². The molecule has 5 nitrogen and oxygen atoms in total. The maximum atomic E-state index is 5.71. The third-order valence-corrected chi connectivity index (χ3v) is 3.96. The number of aromatic nitrogens is 3. The summed E-state index contributed by atoms with van der Waals surface area (Å²) in [6, 6.07) is 12.5. The molecule has 0 saturated heterocycles. The highest BCUT2D eigenvalue weighted by atomic mass is 15.1. The number of hydrogen-bond donors (Lipinski definition) is 2. The second-order valence-corrected chi connectivity index (χ2v) is 5.26. The number of rotatable bonds is 2. The third kappa shape index (κ3) is 2.07. The molecule has 1 aliphatic rings. The van der Waals surface area contributed by atoms with Gasteiger partial charge in [-0.25, -0.2) is 15.0 Å². The molecule has 5 heteroatoms. The second kappa shape index (κ2) is 4.70. The van der Waals surface area contributed by atoms with Crippen LogP contribution in [0.25, 0.3) is 11.0 Å². The lowest BCUT2D eigenvalue weighted by molar-refractivity contribution is 0.758. The molecule has 0 fully saturated rings. The molecule has 104 valence electrons. The van der Waals surface area contributed by atoms with Crippen LogP contribution >= 0.6 is 0 Å². The quantitative estimate of drug-likeness (QED) is 0.753. The SMILES string of the molecule is Nc1ccc2c(NC3CCc4ccccc43)ncnc2n1. The van der Waals surface area contributed by atoms with Crippen LogP contribution in [-0.2, 0) is 6.42 Å². The Kier molecular flexibility index (Phi) is 2.70. The average molecular weight is 277 g/mol. The van der Waals surface area contributed by atoms with E-state index in [1.807, 2.05) is 6.07 Å². The van der Waals surface area contributed by atoms with Gasteiger partial charge in [0, 0.05) is 0 Å². The van der Waals surface area contributed by atoms with E-state index in [1.165, 1.54) is 17.5 Å². The fourth-order valence-corrected chi connectivity index (χ4v) is 2.94. The number of nitrogens with zero attached hydrogens (tertiary/aromatic N) is 3. The van der Waals surface area contributed by atoms with Gasteiger partial charge in [-0.3, -0.25) is 0 Å². The Hall–Kier alpha value is -2.69. The van der Waals surface area contributed by atoms with Crippen molar-refractivity contribution in [1.82, 2.24) is 15.0 Å². The molecular formula is C16H15N5. The summed E-state index contributed by atoms with van der Waals surface area (Å²) in [6.45, 7) is 0. The third-order valence-electron chi connectivity index (χ3n) is 3.96. The molecule has 1 aliphatic carbocycles. The van der Waals surface area contributed by atoms with Gasteiger partial charge in [-0.1, -0.05) is 24.3 Å². The van der Waals surface area contributed by atoms with E-state index in [2.05, 4.69) is 44.5 Å². The first-order valence-corrected chi connectivity index (χ1v) is 7.03. The molecule has 4 rings (SSSR count). The van der Waals surface area contributed by atoms with Crippen molar-refractivity contribution < 1.29 is 0 Å². The first-order chi connectivity index (χ1) is 10.3. The van der Waals surface area contributed by atoms with Crippen molar-refractivity contribution in [1.29, 1.82) is 0 Å². The fraction of sp³-hybridized carbons (Fsp3) is 0.188. The summed E-state index contributed by atoms with van der Waals surface area (Å²) in [5.74, 6) is 1.28. The monoisotopic (exact) mass is 277 g/mol. The molecule has 3 aromatic rings. The molecule has 0 amide bonds. The minimum atomic E-state index is 0.289. The number of nitrogens with two attached hydrogens (primary N) is 1. The summed E-state index contributed by atoms with van der Waals surface area (Å²) in [5.41, 5.74) is 9.10. The summed E-state index contributed by atoms with van der Waals surface area (Å²) in [5, 5.41) is 4.43. The van der Waals surface area contributed by atoms with Crippen LogP contribution in [0.4, 0.5) is 11.6 Å². The van der Waals surface area contributed by atoms with Crippen molar-refractivity contribution >= 4 is 22.7 Å². The lowest BCUT2D eigenvalue weighted by Gasteiger charge is -2.15. The summed E-state index contributed by atoms with van der Waals surface area (Å²) in [4.78, 5) is 12.8. The lowest BCUT2D eigenvalue weighted by atomic mass is 10.1. The van der Waals surface area contributed by atoms with Gasteiger partial charge in [-0.05, 0) is 36.1 Å². The number of nitrogens with one attached hydrogen (secondary N) is 1. The molecule has 1 unspecified atom stereocenters. The van der Waals surface area contributed by atoms with Crippen LogP contribution in [0.3, 0.4) is 0 Å². The molecule has 21 heavy (non-hydrogen) atoms. The molecule has 0 saturated carbocycles. The highest BCUT2D eigenvalue weighted by Crippen LogP contribution is 2.34. The number of pyridine rings is 1.